The molecule has 1 aliphatic heterocycles. The van der Waals surface area contributed by atoms with Crippen LogP contribution in [0.3, 0.4) is 0 Å². The first-order chi connectivity index (χ1) is 15.3. The molecule has 0 aliphatic carbocycles. The predicted molar refractivity (Wildman–Crippen MR) is 116 cm³/mol. The molecule has 1 atom stereocenters. The quantitative estimate of drug-likeness (QED) is 0.458. The topological polar surface area (TPSA) is 130 Å². The largest absolute Gasteiger partial charge is 0.481 e. The summed E-state index contributed by atoms with van der Waals surface area (Å²) in [6, 6.07) is 12.7. The molecule has 0 saturated carbocycles. The number of carbonyl (C=O) groups is 5. The van der Waals surface area contributed by atoms with Gasteiger partial charge in [-0.05, 0) is 48.5 Å². The molecule has 1 fully saturated rings. The maximum atomic E-state index is 12.8. The Morgan fingerprint density at radius 3 is 2.31 bits per heavy atom. The highest BCUT2D eigenvalue weighted by atomic mass is 32.2. The number of anilines is 2. The minimum absolute atomic E-state index is 0.0376. The van der Waals surface area contributed by atoms with Crippen LogP contribution in [0.15, 0.2) is 53.4 Å². The summed E-state index contributed by atoms with van der Waals surface area (Å²) in [6.07, 6.45) is -0.337. The molecule has 0 aromatic heterocycles. The molecule has 0 bridgehead atoms. The van der Waals surface area contributed by atoms with Crippen LogP contribution >= 0.6 is 11.8 Å². The number of ether oxygens (including phenoxy) is 1. The molecule has 1 heterocycles. The average Bonchev–Trinajstić information content (AvgIpc) is 3.06. The van der Waals surface area contributed by atoms with Gasteiger partial charge >= 0.3 is 11.9 Å². The molecule has 9 nitrogen and oxygen atoms in total. The van der Waals surface area contributed by atoms with Gasteiger partial charge in [-0.15, -0.1) is 11.8 Å². The van der Waals surface area contributed by atoms with Gasteiger partial charge in [0.05, 0.1) is 30.0 Å². The number of esters is 1. The zero-order chi connectivity index (χ0) is 23.3. The Labute approximate surface area is 187 Å². The van der Waals surface area contributed by atoms with Gasteiger partial charge in [-0.2, -0.15) is 0 Å². The Morgan fingerprint density at radius 1 is 1.06 bits per heavy atom. The summed E-state index contributed by atoms with van der Waals surface area (Å²) in [5, 5.41) is 10.6. The van der Waals surface area contributed by atoms with Gasteiger partial charge in [0.1, 0.15) is 0 Å². The lowest BCUT2D eigenvalue weighted by molar-refractivity contribution is -0.138. The van der Waals surface area contributed by atoms with E-state index < -0.39 is 23.1 Å². The number of hydrogen-bond donors (Lipinski definition) is 2. The Hall–Kier alpha value is -3.66. The summed E-state index contributed by atoms with van der Waals surface area (Å²) in [6.45, 7) is 0. The maximum absolute atomic E-state index is 12.8. The highest BCUT2D eigenvalue weighted by Gasteiger charge is 2.40. The van der Waals surface area contributed by atoms with Crippen LogP contribution in [-0.2, 0) is 23.9 Å². The van der Waals surface area contributed by atoms with E-state index in [1.807, 2.05) is 0 Å². The number of aliphatic carboxylic acids is 1. The van der Waals surface area contributed by atoms with Crippen molar-refractivity contribution in [2.75, 3.05) is 17.3 Å². The van der Waals surface area contributed by atoms with Crippen molar-refractivity contribution in [1.82, 2.24) is 0 Å². The van der Waals surface area contributed by atoms with Gasteiger partial charge in [-0.25, -0.2) is 9.69 Å². The molecule has 0 spiro atoms. The second-order valence-corrected chi connectivity index (χ2v) is 8.16. The van der Waals surface area contributed by atoms with Crippen LogP contribution in [0.1, 0.15) is 29.6 Å². The van der Waals surface area contributed by atoms with Crippen LogP contribution < -0.4 is 10.2 Å². The fraction of sp³-hybridized carbons (Fsp3) is 0.227. The molecule has 0 radical (unpaired) electrons. The lowest BCUT2D eigenvalue weighted by atomic mass is 10.2. The van der Waals surface area contributed by atoms with Crippen LogP contribution in [0.2, 0.25) is 0 Å². The van der Waals surface area contributed by atoms with Crippen LogP contribution in [0.5, 0.6) is 0 Å². The SMILES string of the molecule is COC(=O)c1ccc(N2C(=O)CC(Sc3ccc(NC(=O)CCC(=O)O)cc3)C2=O)cc1. The third kappa shape index (κ3) is 5.52. The molecular formula is C22H20N2O7S. The van der Waals surface area contributed by atoms with Crippen molar-refractivity contribution in [3.8, 4) is 0 Å². The van der Waals surface area contributed by atoms with Gasteiger partial charge in [0.15, 0.2) is 0 Å². The number of carboxylic acid groups (broad SMARTS) is 1. The molecule has 2 N–H and O–H groups in total. The van der Waals surface area contributed by atoms with Gasteiger partial charge in [0, 0.05) is 23.4 Å². The third-order valence-electron chi connectivity index (χ3n) is 4.63. The van der Waals surface area contributed by atoms with Gasteiger partial charge < -0.3 is 15.2 Å². The standard InChI is InChI=1S/C22H20N2O7S/c1-31-22(30)13-2-6-15(7-3-13)24-19(26)12-17(21(24)29)32-16-8-4-14(5-9-16)23-18(25)10-11-20(27)28/h2-9,17H,10-12H2,1H3,(H,23,25)(H,27,28). The van der Waals surface area contributed by atoms with E-state index in [4.69, 9.17) is 5.11 Å². The fourth-order valence-electron chi connectivity index (χ4n) is 3.06. The van der Waals surface area contributed by atoms with Gasteiger partial charge in [-0.3, -0.25) is 19.2 Å². The van der Waals surface area contributed by atoms with Crippen molar-refractivity contribution < 1.29 is 33.8 Å². The van der Waals surface area contributed by atoms with E-state index in [0.717, 1.165) is 9.80 Å². The Morgan fingerprint density at radius 2 is 1.72 bits per heavy atom. The van der Waals surface area contributed by atoms with E-state index in [0.29, 0.717) is 16.9 Å². The van der Waals surface area contributed by atoms with Crippen LogP contribution in [-0.4, -0.2) is 47.1 Å². The van der Waals surface area contributed by atoms with Crippen molar-refractivity contribution in [1.29, 1.82) is 0 Å². The zero-order valence-corrected chi connectivity index (χ0v) is 17.9. The molecule has 3 rings (SSSR count). The molecule has 2 aromatic rings. The van der Waals surface area contributed by atoms with Gasteiger partial charge in [-0.1, -0.05) is 0 Å². The van der Waals surface area contributed by atoms with Crippen LogP contribution in [0.4, 0.5) is 11.4 Å². The molecule has 1 aliphatic rings. The summed E-state index contributed by atoms with van der Waals surface area (Å²) in [5.41, 5.74) is 1.21. The van der Waals surface area contributed by atoms with Crippen LogP contribution in [0.25, 0.3) is 0 Å². The minimum atomic E-state index is -1.05. The van der Waals surface area contributed by atoms with Crippen molar-refractivity contribution in [3.05, 3.63) is 54.1 Å². The fourth-order valence-corrected chi connectivity index (χ4v) is 4.11. The number of carboxylic acids is 1. The number of methoxy groups -OCH3 is 1. The molecule has 1 unspecified atom stereocenters. The summed E-state index contributed by atoms with van der Waals surface area (Å²) in [7, 11) is 1.27. The zero-order valence-electron chi connectivity index (χ0n) is 17.1. The first kappa shape index (κ1) is 23.0. The predicted octanol–water partition coefficient (Wildman–Crippen LogP) is 2.70. The van der Waals surface area contributed by atoms with E-state index in [9.17, 15) is 24.0 Å². The monoisotopic (exact) mass is 456 g/mol. The van der Waals surface area contributed by atoms with Gasteiger partial charge in [0.25, 0.3) is 0 Å². The van der Waals surface area contributed by atoms with Crippen molar-refractivity contribution >= 4 is 52.8 Å². The Bertz CT molecular complexity index is 1050. The molecule has 32 heavy (non-hydrogen) atoms. The number of nitrogens with one attached hydrogen (secondary N) is 1. The number of carbonyl (C=O) groups excluding carboxylic acids is 4. The first-order valence-corrected chi connectivity index (χ1v) is 10.5. The molecule has 3 amide bonds. The Balaban J connectivity index is 1.62. The normalized spacial score (nSPS) is 15.5. The summed E-state index contributed by atoms with van der Waals surface area (Å²) >= 11 is 1.24. The smallest absolute Gasteiger partial charge is 0.337 e. The summed E-state index contributed by atoms with van der Waals surface area (Å²) in [5.74, 6) is -2.64. The number of amides is 3. The lowest BCUT2D eigenvalue weighted by Gasteiger charge is -2.15. The number of nitrogens with zero attached hydrogens (tertiary/aromatic N) is 1. The second-order valence-electron chi connectivity index (χ2n) is 6.88. The average molecular weight is 456 g/mol. The summed E-state index contributed by atoms with van der Waals surface area (Å²) in [4.78, 5) is 60.9. The van der Waals surface area contributed by atoms with E-state index in [2.05, 4.69) is 10.1 Å². The minimum Gasteiger partial charge on any atom is -0.481 e. The number of rotatable bonds is 8. The van der Waals surface area contributed by atoms with Crippen molar-refractivity contribution in [3.63, 3.8) is 0 Å². The maximum Gasteiger partial charge on any atom is 0.337 e. The highest BCUT2D eigenvalue weighted by molar-refractivity contribution is 8.00. The number of imide groups is 1. The third-order valence-corrected chi connectivity index (χ3v) is 5.83. The first-order valence-electron chi connectivity index (χ1n) is 9.62. The number of hydrogen-bond acceptors (Lipinski definition) is 7. The van der Waals surface area contributed by atoms with Crippen molar-refractivity contribution in [2.24, 2.45) is 0 Å². The molecule has 166 valence electrons. The molecular weight excluding hydrogens is 436 g/mol. The highest BCUT2D eigenvalue weighted by Crippen LogP contribution is 2.34. The molecule has 1 saturated heterocycles. The number of benzene rings is 2. The van der Waals surface area contributed by atoms with E-state index in [1.54, 1.807) is 24.3 Å². The van der Waals surface area contributed by atoms with E-state index in [1.165, 1.54) is 43.1 Å². The van der Waals surface area contributed by atoms with Gasteiger partial charge in [0.2, 0.25) is 17.7 Å². The van der Waals surface area contributed by atoms with Crippen molar-refractivity contribution in [2.45, 2.75) is 29.4 Å². The number of thioether (sulfide) groups is 1. The molecule has 2 aromatic carbocycles. The summed E-state index contributed by atoms with van der Waals surface area (Å²) < 4.78 is 4.64. The molecule has 10 heteroatoms. The Kier molecular flexibility index (Phi) is 7.26. The van der Waals surface area contributed by atoms with Crippen LogP contribution in [0, 0.1) is 0 Å². The lowest BCUT2D eigenvalue weighted by Crippen LogP contribution is -2.31. The van der Waals surface area contributed by atoms with E-state index >= 15 is 0 Å². The van der Waals surface area contributed by atoms with E-state index in [-0.39, 0.29) is 31.1 Å². The second kappa shape index (κ2) is 10.1.